The van der Waals surface area contributed by atoms with Crippen LogP contribution in [0.3, 0.4) is 0 Å². The number of carboxylic acids is 1. The summed E-state index contributed by atoms with van der Waals surface area (Å²) in [6.07, 6.45) is -0.448. The quantitative estimate of drug-likeness (QED) is 0.697. The van der Waals surface area contributed by atoms with Crippen molar-refractivity contribution in [2.24, 2.45) is 0 Å². The molecule has 0 aliphatic heterocycles. The van der Waals surface area contributed by atoms with Gasteiger partial charge in [-0.05, 0) is 24.6 Å². The maximum atomic E-state index is 11.8. The van der Waals surface area contributed by atoms with Crippen molar-refractivity contribution in [3.05, 3.63) is 28.2 Å². The molecule has 0 saturated carbocycles. The standard InChI is InChI=1S/C13H15BrN2O5/c1-7-8(14)4-3-5-9(7)15-13(20)16-10(12(18)19)6-11(17)21-2/h3-5,10H,6H2,1-2H3,(H,18,19)(H2,15,16,20)/t10-/m0/s1. The molecular weight excluding hydrogens is 344 g/mol. The first-order valence-corrected chi connectivity index (χ1v) is 6.76. The summed E-state index contributed by atoms with van der Waals surface area (Å²) < 4.78 is 5.20. The van der Waals surface area contributed by atoms with Crippen LogP contribution >= 0.6 is 15.9 Å². The summed E-state index contributed by atoms with van der Waals surface area (Å²) in [4.78, 5) is 33.9. The third-order valence-corrected chi connectivity index (χ3v) is 3.58. The number of methoxy groups -OCH3 is 1. The van der Waals surface area contributed by atoms with E-state index in [9.17, 15) is 14.4 Å². The number of benzene rings is 1. The summed E-state index contributed by atoms with van der Waals surface area (Å²) in [5.41, 5.74) is 1.33. The number of hydrogen-bond donors (Lipinski definition) is 3. The first-order valence-electron chi connectivity index (χ1n) is 5.97. The summed E-state index contributed by atoms with van der Waals surface area (Å²) in [5, 5.41) is 13.7. The Hall–Kier alpha value is -2.09. The van der Waals surface area contributed by atoms with Crippen LogP contribution in [0, 0.1) is 6.92 Å². The molecule has 21 heavy (non-hydrogen) atoms. The van der Waals surface area contributed by atoms with E-state index < -0.39 is 30.4 Å². The van der Waals surface area contributed by atoms with Crippen LogP contribution in [0.25, 0.3) is 0 Å². The molecule has 1 aromatic carbocycles. The summed E-state index contributed by atoms with van der Waals surface area (Å²) >= 11 is 3.33. The molecule has 2 amide bonds. The van der Waals surface area contributed by atoms with Crippen molar-refractivity contribution >= 4 is 39.6 Å². The highest BCUT2D eigenvalue weighted by Crippen LogP contribution is 2.23. The second-order valence-electron chi connectivity index (χ2n) is 4.18. The van der Waals surface area contributed by atoms with Crippen molar-refractivity contribution < 1.29 is 24.2 Å². The Bertz CT molecular complexity index is 561. The highest BCUT2D eigenvalue weighted by molar-refractivity contribution is 9.10. The van der Waals surface area contributed by atoms with Crippen LogP contribution in [0.2, 0.25) is 0 Å². The number of halogens is 1. The number of carbonyl (C=O) groups excluding carboxylic acids is 2. The van der Waals surface area contributed by atoms with E-state index in [1.165, 1.54) is 0 Å². The molecular formula is C13H15BrN2O5. The van der Waals surface area contributed by atoms with Gasteiger partial charge in [-0.1, -0.05) is 22.0 Å². The van der Waals surface area contributed by atoms with Gasteiger partial charge in [0.25, 0.3) is 0 Å². The lowest BCUT2D eigenvalue weighted by Crippen LogP contribution is -2.44. The lowest BCUT2D eigenvalue weighted by molar-refractivity contribution is -0.147. The van der Waals surface area contributed by atoms with Crippen LogP contribution in [0.4, 0.5) is 10.5 Å². The molecule has 0 bridgehead atoms. The Kier molecular flexibility index (Phi) is 6.16. The van der Waals surface area contributed by atoms with E-state index in [1.54, 1.807) is 19.1 Å². The van der Waals surface area contributed by atoms with Crippen molar-refractivity contribution in [2.45, 2.75) is 19.4 Å². The average molecular weight is 359 g/mol. The summed E-state index contributed by atoms with van der Waals surface area (Å²) in [5.74, 6) is -2.04. The zero-order chi connectivity index (χ0) is 16.0. The number of rotatable bonds is 5. The number of nitrogens with one attached hydrogen (secondary N) is 2. The Morgan fingerprint density at radius 3 is 2.62 bits per heavy atom. The molecule has 0 fully saturated rings. The number of hydrogen-bond acceptors (Lipinski definition) is 4. The van der Waals surface area contributed by atoms with Crippen molar-refractivity contribution in [2.75, 3.05) is 12.4 Å². The number of amides is 2. The molecule has 3 N–H and O–H groups in total. The number of urea groups is 1. The van der Waals surface area contributed by atoms with E-state index in [0.717, 1.165) is 17.1 Å². The van der Waals surface area contributed by atoms with Gasteiger partial charge >= 0.3 is 18.0 Å². The van der Waals surface area contributed by atoms with Crippen molar-refractivity contribution in [3.63, 3.8) is 0 Å². The fraction of sp³-hybridized carbons (Fsp3) is 0.308. The molecule has 0 heterocycles. The van der Waals surface area contributed by atoms with Crippen LogP contribution in [0.1, 0.15) is 12.0 Å². The number of esters is 1. The molecule has 1 aromatic rings. The van der Waals surface area contributed by atoms with Gasteiger partial charge in [-0.2, -0.15) is 0 Å². The fourth-order valence-electron chi connectivity index (χ4n) is 1.51. The summed E-state index contributed by atoms with van der Waals surface area (Å²) in [6.45, 7) is 1.79. The highest BCUT2D eigenvalue weighted by atomic mass is 79.9. The molecule has 0 aliphatic carbocycles. The van der Waals surface area contributed by atoms with E-state index >= 15 is 0 Å². The second-order valence-corrected chi connectivity index (χ2v) is 5.04. The number of anilines is 1. The van der Waals surface area contributed by atoms with Crippen LogP contribution < -0.4 is 10.6 Å². The normalized spacial score (nSPS) is 11.4. The monoisotopic (exact) mass is 358 g/mol. The van der Waals surface area contributed by atoms with Gasteiger partial charge in [0.15, 0.2) is 0 Å². The van der Waals surface area contributed by atoms with Gasteiger partial charge in [-0.15, -0.1) is 0 Å². The molecule has 1 rings (SSSR count). The predicted molar refractivity (Wildman–Crippen MR) is 79.1 cm³/mol. The first kappa shape index (κ1) is 17.0. The SMILES string of the molecule is COC(=O)C[C@H](NC(=O)Nc1cccc(Br)c1C)C(=O)O. The first-order chi connectivity index (χ1) is 9.85. The highest BCUT2D eigenvalue weighted by Gasteiger charge is 2.23. The molecule has 0 radical (unpaired) electrons. The number of carbonyl (C=O) groups is 3. The number of ether oxygens (including phenoxy) is 1. The van der Waals surface area contributed by atoms with E-state index in [2.05, 4.69) is 31.3 Å². The minimum Gasteiger partial charge on any atom is -0.480 e. The van der Waals surface area contributed by atoms with E-state index in [-0.39, 0.29) is 0 Å². The third kappa shape index (κ3) is 5.07. The molecule has 114 valence electrons. The molecule has 8 heteroatoms. The van der Waals surface area contributed by atoms with E-state index in [1.807, 2.05) is 6.07 Å². The summed E-state index contributed by atoms with van der Waals surface area (Å²) in [6, 6.07) is 3.15. The maximum Gasteiger partial charge on any atom is 0.326 e. The average Bonchev–Trinajstić information content (AvgIpc) is 2.42. The van der Waals surface area contributed by atoms with Gasteiger partial charge in [-0.25, -0.2) is 9.59 Å². The Labute approximate surface area is 129 Å². The number of carboxylic acid groups (broad SMARTS) is 1. The van der Waals surface area contributed by atoms with E-state index in [0.29, 0.717) is 5.69 Å². The van der Waals surface area contributed by atoms with Gasteiger partial charge in [-0.3, -0.25) is 4.79 Å². The third-order valence-electron chi connectivity index (χ3n) is 2.72. The van der Waals surface area contributed by atoms with E-state index in [4.69, 9.17) is 5.11 Å². The molecule has 0 saturated heterocycles. The van der Waals surface area contributed by atoms with Gasteiger partial charge in [0.2, 0.25) is 0 Å². The molecule has 7 nitrogen and oxygen atoms in total. The molecule has 0 unspecified atom stereocenters. The fourth-order valence-corrected chi connectivity index (χ4v) is 1.88. The number of aliphatic carboxylic acids is 1. The molecule has 0 aromatic heterocycles. The zero-order valence-electron chi connectivity index (χ0n) is 11.5. The Balaban J connectivity index is 2.72. The Morgan fingerprint density at radius 1 is 1.38 bits per heavy atom. The minimum absolute atomic E-state index is 0.448. The molecule has 1 atom stereocenters. The minimum atomic E-state index is -1.36. The maximum absolute atomic E-state index is 11.8. The van der Waals surface area contributed by atoms with Gasteiger partial charge in [0.1, 0.15) is 6.04 Å². The predicted octanol–water partition coefficient (Wildman–Crippen LogP) is 1.90. The van der Waals surface area contributed by atoms with Crippen LogP contribution in [-0.4, -0.2) is 36.2 Å². The lowest BCUT2D eigenvalue weighted by atomic mass is 10.2. The van der Waals surface area contributed by atoms with Crippen LogP contribution in [-0.2, 0) is 14.3 Å². The molecule has 0 aliphatic rings. The largest absolute Gasteiger partial charge is 0.480 e. The summed E-state index contributed by atoms with van der Waals surface area (Å²) in [7, 11) is 1.15. The van der Waals surface area contributed by atoms with Crippen molar-refractivity contribution in [1.29, 1.82) is 0 Å². The van der Waals surface area contributed by atoms with Crippen molar-refractivity contribution in [3.8, 4) is 0 Å². The second kappa shape index (κ2) is 7.63. The smallest absolute Gasteiger partial charge is 0.326 e. The van der Waals surface area contributed by atoms with Crippen LogP contribution in [0.5, 0.6) is 0 Å². The zero-order valence-corrected chi connectivity index (χ0v) is 13.1. The van der Waals surface area contributed by atoms with Crippen molar-refractivity contribution in [1.82, 2.24) is 5.32 Å². The molecule has 0 spiro atoms. The lowest BCUT2D eigenvalue weighted by Gasteiger charge is -2.15. The van der Waals surface area contributed by atoms with Crippen LogP contribution in [0.15, 0.2) is 22.7 Å². The topological polar surface area (TPSA) is 105 Å². The Morgan fingerprint density at radius 2 is 2.05 bits per heavy atom. The van der Waals surface area contributed by atoms with Gasteiger partial charge in [0, 0.05) is 10.2 Å². The van der Waals surface area contributed by atoms with Gasteiger partial charge < -0.3 is 20.5 Å². The van der Waals surface area contributed by atoms with Gasteiger partial charge in [0.05, 0.1) is 13.5 Å².